The molecule has 28 heavy (non-hydrogen) atoms. The summed E-state index contributed by atoms with van der Waals surface area (Å²) in [5, 5.41) is 6.47. The smallest absolute Gasteiger partial charge is 0.253 e. The Kier molecular flexibility index (Phi) is 8.25. The summed E-state index contributed by atoms with van der Waals surface area (Å²) >= 11 is 0. The molecule has 7 nitrogen and oxygen atoms in total. The molecule has 0 aliphatic heterocycles. The normalized spacial score (nSPS) is 10.0. The van der Waals surface area contributed by atoms with E-state index in [1.807, 2.05) is 12.1 Å². The number of nitrogens with two attached hydrogens (primary N) is 1. The third kappa shape index (κ3) is 6.25. The first-order valence-corrected chi connectivity index (χ1v) is 9.43. The van der Waals surface area contributed by atoms with Crippen LogP contribution in [0.3, 0.4) is 0 Å². The topological polar surface area (TPSA) is 96.2 Å². The van der Waals surface area contributed by atoms with Gasteiger partial charge < -0.3 is 21.3 Å². The van der Waals surface area contributed by atoms with Gasteiger partial charge in [0.2, 0.25) is 5.95 Å². The fourth-order valence-electron chi connectivity index (χ4n) is 2.34. The monoisotopic (exact) mass is 380 g/mol. The number of nitrogens with zero attached hydrogens (tertiary/aromatic N) is 3. The average molecular weight is 380 g/mol. The van der Waals surface area contributed by atoms with E-state index in [4.69, 9.17) is 5.73 Å². The number of carbonyl (C=O) groups excluding carboxylic acids is 1. The lowest BCUT2D eigenvalue weighted by Gasteiger charge is -2.12. The third-order valence-electron chi connectivity index (χ3n) is 3.85. The van der Waals surface area contributed by atoms with Crippen LogP contribution in [-0.2, 0) is 0 Å². The minimum atomic E-state index is -0.0357. The lowest BCUT2D eigenvalue weighted by atomic mass is 10.2. The van der Waals surface area contributed by atoms with Gasteiger partial charge in [0.1, 0.15) is 5.82 Å². The number of aromatic nitrogens is 2. The maximum Gasteiger partial charge on any atom is 0.253 e. The number of benzene rings is 1. The van der Waals surface area contributed by atoms with Crippen molar-refractivity contribution in [3.05, 3.63) is 41.6 Å². The summed E-state index contributed by atoms with van der Waals surface area (Å²) in [6, 6.07) is 7.22. The van der Waals surface area contributed by atoms with Crippen LogP contribution in [0.5, 0.6) is 0 Å². The van der Waals surface area contributed by atoms with E-state index in [-0.39, 0.29) is 5.91 Å². The quantitative estimate of drug-likeness (QED) is 0.481. The largest absolute Gasteiger partial charge is 0.369 e. The highest BCUT2D eigenvalue weighted by molar-refractivity contribution is 5.94. The second-order valence-corrected chi connectivity index (χ2v) is 6.48. The van der Waals surface area contributed by atoms with Crippen LogP contribution in [0.1, 0.15) is 42.1 Å². The minimum absolute atomic E-state index is 0.0357. The predicted octanol–water partition coefficient (Wildman–Crippen LogP) is 2.83. The third-order valence-corrected chi connectivity index (χ3v) is 3.85. The molecule has 2 rings (SSSR count). The lowest BCUT2D eigenvalue weighted by Crippen LogP contribution is -2.21. The highest BCUT2D eigenvalue weighted by Crippen LogP contribution is 2.18. The highest BCUT2D eigenvalue weighted by atomic mass is 16.2. The standard InChI is InChI=1S/C21H28N6O/c1-4-14-23-19-17(8-6-5-7-13-22)15-24-21(26-19)25-18-11-9-16(10-12-18)20(28)27(2)3/h9-12,15H,4-5,7,13-14,22H2,1-3H3,(H2,23,24,25,26). The van der Waals surface area contributed by atoms with E-state index >= 15 is 0 Å². The van der Waals surface area contributed by atoms with Crippen molar-refractivity contribution in [1.29, 1.82) is 0 Å². The Labute approximate surface area is 166 Å². The van der Waals surface area contributed by atoms with Crippen LogP contribution in [0.25, 0.3) is 0 Å². The molecular weight excluding hydrogens is 352 g/mol. The molecule has 0 saturated carbocycles. The fraction of sp³-hybridized carbons (Fsp3) is 0.381. The molecule has 0 saturated heterocycles. The predicted molar refractivity (Wildman–Crippen MR) is 114 cm³/mol. The molecule has 2 aromatic rings. The molecular formula is C21H28N6O. The fourth-order valence-corrected chi connectivity index (χ4v) is 2.34. The summed E-state index contributed by atoms with van der Waals surface area (Å²) < 4.78 is 0. The van der Waals surface area contributed by atoms with Crippen LogP contribution in [0.15, 0.2) is 30.5 Å². The first-order valence-electron chi connectivity index (χ1n) is 9.43. The average Bonchev–Trinajstić information content (AvgIpc) is 2.70. The molecule has 7 heteroatoms. The molecule has 0 aliphatic rings. The summed E-state index contributed by atoms with van der Waals surface area (Å²) in [5.41, 5.74) is 7.70. The van der Waals surface area contributed by atoms with E-state index in [1.54, 1.807) is 37.3 Å². The number of carbonyl (C=O) groups is 1. The highest BCUT2D eigenvalue weighted by Gasteiger charge is 2.09. The van der Waals surface area contributed by atoms with E-state index < -0.39 is 0 Å². The zero-order valence-corrected chi connectivity index (χ0v) is 16.7. The van der Waals surface area contributed by atoms with Gasteiger partial charge in [0.15, 0.2) is 0 Å². The number of nitrogens with one attached hydrogen (secondary N) is 2. The molecule has 4 N–H and O–H groups in total. The molecule has 1 aromatic carbocycles. The van der Waals surface area contributed by atoms with Crippen LogP contribution in [0.4, 0.5) is 17.5 Å². The Balaban J connectivity index is 2.16. The summed E-state index contributed by atoms with van der Waals surface area (Å²) in [6.45, 7) is 3.53. The Morgan fingerprint density at radius 2 is 2.00 bits per heavy atom. The van der Waals surface area contributed by atoms with Gasteiger partial charge in [0.25, 0.3) is 5.91 Å². The van der Waals surface area contributed by atoms with Crippen LogP contribution in [0.2, 0.25) is 0 Å². The summed E-state index contributed by atoms with van der Waals surface area (Å²) in [7, 11) is 3.46. The Bertz CT molecular complexity index is 836. The summed E-state index contributed by atoms with van der Waals surface area (Å²) in [5.74, 6) is 7.37. The van der Waals surface area contributed by atoms with Gasteiger partial charge in [-0.25, -0.2) is 4.98 Å². The molecule has 0 atom stereocenters. The number of amides is 1. The molecule has 0 radical (unpaired) electrons. The van der Waals surface area contributed by atoms with Crippen molar-refractivity contribution in [2.24, 2.45) is 5.73 Å². The first-order chi connectivity index (χ1) is 13.5. The van der Waals surface area contributed by atoms with Crippen molar-refractivity contribution in [3.63, 3.8) is 0 Å². The SMILES string of the molecule is CCCNc1nc(Nc2ccc(C(=O)N(C)C)cc2)ncc1C#CCCCN. The minimum Gasteiger partial charge on any atom is -0.369 e. The van der Waals surface area contributed by atoms with Crippen LogP contribution < -0.4 is 16.4 Å². The van der Waals surface area contributed by atoms with Gasteiger partial charge in [-0.1, -0.05) is 18.8 Å². The Morgan fingerprint density at radius 1 is 1.25 bits per heavy atom. The van der Waals surface area contributed by atoms with Crippen molar-refractivity contribution in [1.82, 2.24) is 14.9 Å². The summed E-state index contributed by atoms with van der Waals surface area (Å²) in [4.78, 5) is 22.4. The van der Waals surface area contributed by atoms with Gasteiger partial charge >= 0.3 is 0 Å². The van der Waals surface area contributed by atoms with Gasteiger partial charge in [0.05, 0.1) is 11.8 Å². The molecule has 1 heterocycles. The van der Waals surface area contributed by atoms with E-state index in [0.717, 1.165) is 37.1 Å². The molecule has 0 bridgehead atoms. The van der Waals surface area contributed by atoms with Crippen molar-refractivity contribution >= 4 is 23.4 Å². The maximum atomic E-state index is 12.0. The van der Waals surface area contributed by atoms with Gasteiger partial charge in [-0.05, 0) is 43.7 Å². The molecule has 0 aliphatic carbocycles. The Morgan fingerprint density at radius 3 is 2.64 bits per heavy atom. The second-order valence-electron chi connectivity index (χ2n) is 6.48. The zero-order chi connectivity index (χ0) is 20.4. The number of hydrogen-bond donors (Lipinski definition) is 3. The molecule has 1 aromatic heterocycles. The van der Waals surface area contributed by atoms with Crippen LogP contribution in [-0.4, -0.2) is 48.0 Å². The Hall–Kier alpha value is -3.11. The van der Waals surface area contributed by atoms with Gasteiger partial charge in [-0.2, -0.15) is 4.98 Å². The van der Waals surface area contributed by atoms with E-state index in [0.29, 0.717) is 23.9 Å². The van der Waals surface area contributed by atoms with Crippen molar-refractivity contribution in [2.75, 3.05) is 37.8 Å². The van der Waals surface area contributed by atoms with Gasteiger partial charge in [-0.15, -0.1) is 0 Å². The molecule has 1 amide bonds. The van der Waals surface area contributed by atoms with E-state index in [9.17, 15) is 4.79 Å². The molecule has 0 fully saturated rings. The number of unbranched alkanes of at least 4 members (excludes halogenated alkanes) is 1. The van der Waals surface area contributed by atoms with Crippen LogP contribution >= 0.6 is 0 Å². The van der Waals surface area contributed by atoms with Crippen molar-refractivity contribution < 1.29 is 4.79 Å². The van der Waals surface area contributed by atoms with Gasteiger partial charge in [0, 0.05) is 38.3 Å². The number of hydrogen-bond acceptors (Lipinski definition) is 6. The summed E-state index contributed by atoms with van der Waals surface area (Å²) in [6.07, 6.45) is 4.32. The second kappa shape index (κ2) is 10.9. The van der Waals surface area contributed by atoms with Gasteiger partial charge in [-0.3, -0.25) is 4.79 Å². The number of anilines is 3. The maximum absolute atomic E-state index is 12.0. The molecule has 0 spiro atoms. The number of rotatable bonds is 8. The molecule has 0 unspecified atom stereocenters. The van der Waals surface area contributed by atoms with E-state index in [1.165, 1.54) is 0 Å². The first kappa shape index (κ1) is 21.2. The van der Waals surface area contributed by atoms with Crippen molar-refractivity contribution in [2.45, 2.75) is 26.2 Å². The molecule has 148 valence electrons. The van der Waals surface area contributed by atoms with Crippen molar-refractivity contribution in [3.8, 4) is 11.8 Å². The zero-order valence-electron chi connectivity index (χ0n) is 16.7. The van der Waals surface area contributed by atoms with E-state index in [2.05, 4.69) is 39.4 Å². The lowest BCUT2D eigenvalue weighted by molar-refractivity contribution is 0.0827. The van der Waals surface area contributed by atoms with Crippen LogP contribution in [0, 0.1) is 11.8 Å².